The van der Waals surface area contributed by atoms with Gasteiger partial charge in [-0.15, -0.1) is 0 Å². The molecule has 1 aromatic heterocycles. The van der Waals surface area contributed by atoms with Crippen molar-refractivity contribution in [3.05, 3.63) is 60.8 Å². The molecule has 2 aromatic rings. The molecule has 0 aliphatic heterocycles. The number of aromatic nitrogens is 2. The Morgan fingerprint density at radius 1 is 1.30 bits per heavy atom. The first-order chi connectivity index (χ1) is 9.40. The van der Waals surface area contributed by atoms with E-state index >= 15 is 0 Å². The predicted molar refractivity (Wildman–Crippen MR) is 76.7 cm³/mol. The summed E-state index contributed by atoms with van der Waals surface area (Å²) >= 11 is 11.7. The second-order valence-electron chi connectivity index (χ2n) is 3.94. The number of amides is 1. The van der Waals surface area contributed by atoms with Gasteiger partial charge in [-0.25, -0.2) is 4.79 Å². The summed E-state index contributed by atoms with van der Waals surface area (Å²) in [7, 11) is 1.30. The van der Waals surface area contributed by atoms with E-state index in [4.69, 9.17) is 23.2 Å². The summed E-state index contributed by atoms with van der Waals surface area (Å²) < 4.78 is 0.850. The molecular weight excluding hydrogens is 305 g/mol. The van der Waals surface area contributed by atoms with E-state index in [1.165, 1.54) is 7.05 Å². The van der Waals surface area contributed by atoms with Crippen LogP contribution in [0.2, 0.25) is 10.0 Å². The van der Waals surface area contributed by atoms with Crippen molar-refractivity contribution in [3.63, 3.8) is 0 Å². The summed E-state index contributed by atoms with van der Waals surface area (Å²) in [4.78, 5) is 37.1. The van der Waals surface area contributed by atoms with Crippen LogP contribution in [-0.2, 0) is 7.05 Å². The van der Waals surface area contributed by atoms with Gasteiger partial charge in [-0.3, -0.25) is 14.2 Å². The second-order valence-corrected chi connectivity index (χ2v) is 4.73. The van der Waals surface area contributed by atoms with Crippen molar-refractivity contribution in [3.8, 4) is 0 Å². The lowest BCUT2D eigenvalue weighted by atomic mass is 10.3. The highest BCUT2D eigenvalue weighted by atomic mass is 35.5. The Bertz CT molecular complexity index is 764. The van der Waals surface area contributed by atoms with Crippen molar-refractivity contribution in [1.82, 2.24) is 9.55 Å². The third-order valence-electron chi connectivity index (χ3n) is 2.59. The standard InChI is InChI=1S/C12H9Cl2N3O3/c1-17-9(18)5-8(16-12(17)20)11(19)15-7-4-2-3-6(13)10(7)14/h2-5H,1H3,(H,15,19)(H,16,20). The fraction of sp³-hybridized carbons (Fsp3) is 0.0833. The van der Waals surface area contributed by atoms with Crippen LogP contribution in [0.4, 0.5) is 5.69 Å². The molecule has 0 unspecified atom stereocenters. The summed E-state index contributed by atoms with van der Waals surface area (Å²) in [6.07, 6.45) is 0. The molecule has 0 spiro atoms. The van der Waals surface area contributed by atoms with Crippen molar-refractivity contribution in [2.75, 3.05) is 5.32 Å². The number of H-pyrrole nitrogens is 1. The molecule has 1 amide bonds. The quantitative estimate of drug-likeness (QED) is 0.884. The molecule has 0 aliphatic rings. The maximum Gasteiger partial charge on any atom is 0.328 e. The fourth-order valence-electron chi connectivity index (χ4n) is 1.47. The molecule has 0 atom stereocenters. The Balaban J connectivity index is 2.36. The highest BCUT2D eigenvalue weighted by Gasteiger charge is 2.12. The van der Waals surface area contributed by atoms with E-state index < -0.39 is 17.2 Å². The van der Waals surface area contributed by atoms with Crippen LogP contribution in [0.5, 0.6) is 0 Å². The zero-order valence-corrected chi connectivity index (χ0v) is 11.7. The number of carbonyl (C=O) groups excluding carboxylic acids is 1. The minimum Gasteiger partial charge on any atom is -0.319 e. The van der Waals surface area contributed by atoms with E-state index in [1.807, 2.05) is 0 Å². The van der Waals surface area contributed by atoms with Crippen molar-refractivity contribution < 1.29 is 4.79 Å². The normalized spacial score (nSPS) is 10.3. The molecule has 0 radical (unpaired) electrons. The molecule has 0 saturated carbocycles. The van der Waals surface area contributed by atoms with E-state index in [2.05, 4.69) is 10.3 Å². The number of halogens is 2. The Labute approximate surface area is 123 Å². The van der Waals surface area contributed by atoms with Crippen LogP contribution in [0.15, 0.2) is 33.9 Å². The molecule has 6 nitrogen and oxygen atoms in total. The number of benzene rings is 1. The van der Waals surface area contributed by atoms with Gasteiger partial charge in [-0.05, 0) is 12.1 Å². The van der Waals surface area contributed by atoms with Gasteiger partial charge >= 0.3 is 5.69 Å². The van der Waals surface area contributed by atoms with E-state index in [1.54, 1.807) is 18.2 Å². The van der Waals surface area contributed by atoms with Crippen LogP contribution in [0.3, 0.4) is 0 Å². The SMILES string of the molecule is Cn1c(=O)cc(C(=O)Nc2cccc(Cl)c2Cl)[nH]c1=O. The summed E-state index contributed by atoms with van der Waals surface area (Å²) in [5.74, 6) is -0.663. The number of carbonyl (C=O) groups is 1. The van der Waals surface area contributed by atoms with Crippen LogP contribution in [0, 0.1) is 0 Å². The van der Waals surface area contributed by atoms with Gasteiger partial charge in [-0.1, -0.05) is 29.3 Å². The topological polar surface area (TPSA) is 84.0 Å². The Kier molecular flexibility index (Phi) is 3.96. The Morgan fingerprint density at radius 3 is 2.65 bits per heavy atom. The van der Waals surface area contributed by atoms with Gasteiger partial charge in [0, 0.05) is 13.1 Å². The average molecular weight is 314 g/mol. The molecule has 0 saturated heterocycles. The molecule has 8 heteroatoms. The first kappa shape index (κ1) is 14.4. The Hall–Kier alpha value is -2.05. The zero-order valence-electron chi connectivity index (χ0n) is 10.2. The van der Waals surface area contributed by atoms with Gasteiger partial charge in [-0.2, -0.15) is 0 Å². The third kappa shape index (κ3) is 2.76. The minimum absolute atomic E-state index is 0.158. The lowest BCUT2D eigenvalue weighted by molar-refractivity contribution is 0.102. The highest BCUT2D eigenvalue weighted by Crippen LogP contribution is 2.29. The molecule has 0 fully saturated rings. The monoisotopic (exact) mass is 313 g/mol. The molecular formula is C12H9Cl2N3O3. The molecule has 0 bridgehead atoms. The van der Waals surface area contributed by atoms with Crippen molar-refractivity contribution in [2.45, 2.75) is 0 Å². The van der Waals surface area contributed by atoms with Crippen LogP contribution >= 0.6 is 23.2 Å². The molecule has 20 heavy (non-hydrogen) atoms. The van der Waals surface area contributed by atoms with E-state index in [-0.39, 0.29) is 21.4 Å². The fourth-order valence-corrected chi connectivity index (χ4v) is 1.82. The van der Waals surface area contributed by atoms with Crippen molar-refractivity contribution in [1.29, 1.82) is 0 Å². The van der Waals surface area contributed by atoms with E-state index in [0.717, 1.165) is 10.6 Å². The molecule has 1 heterocycles. The number of hydrogen-bond donors (Lipinski definition) is 2. The van der Waals surface area contributed by atoms with Gasteiger partial charge in [0.05, 0.1) is 15.7 Å². The highest BCUT2D eigenvalue weighted by molar-refractivity contribution is 6.44. The lowest BCUT2D eigenvalue weighted by Crippen LogP contribution is -2.34. The maximum absolute atomic E-state index is 12.0. The summed E-state index contributed by atoms with van der Waals surface area (Å²) in [5, 5.41) is 2.92. The Morgan fingerprint density at radius 2 is 2.00 bits per heavy atom. The smallest absolute Gasteiger partial charge is 0.319 e. The molecule has 2 rings (SSSR count). The van der Waals surface area contributed by atoms with Gasteiger partial charge in [0.2, 0.25) is 0 Å². The van der Waals surface area contributed by atoms with Crippen LogP contribution < -0.4 is 16.6 Å². The first-order valence-corrected chi connectivity index (χ1v) is 6.21. The summed E-state index contributed by atoms with van der Waals surface area (Å²) in [6, 6.07) is 5.75. The molecule has 0 aliphatic carbocycles. The maximum atomic E-state index is 12.0. The summed E-state index contributed by atoms with van der Waals surface area (Å²) in [5.41, 5.74) is -1.14. The number of hydrogen-bond acceptors (Lipinski definition) is 3. The number of rotatable bonds is 2. The average Bonchev–Trinajstić information content (AvgIpc) is 2.40. The number of aromatic amines is 1. The largest absolute Gasteiger partial charge is 0.328 e. The number of anilines is 1. The lowest BCUT2D eigenvalue weighted by Gasteiger charge is -2.08. The van der Waals surface area contributed by atoms with Gasteiger partial charge in [0.15, 0.2) is 0 Å². The number of nitrogens with one attached hydrogen (secondary N) is 2. The zero-order chi connectivity index (χ0) is 14.9. The molecule has 104 valence electrons. The van der Waals surface area contributed by atoms with E-state index in [0.29, 0.717) is 0 Å². The first-order valence-electron chi connectivity index (χ1n) is 5.46. The third-order valence-corrected chi connectivity index (χ3v) is 3.41. The molecule has 2 N–H and O–H groups in total. The van der Waals surface area contributed by atoms with Crippen molar-refractivity contribution >= 4 is 34.8 Å². The van der Waals surface area contributed by atoms with Gasteiger partial charge < -0.3 is 10.3 Å². The number of nitrogens with zero attached hydrogens (tertiary/aromatic N) is 1. The van der Waals surface area contributed by atoms with Crippen LogP contribution in [0.25, 0.3) is 0 Å². The van der Waals surface area contributed by atoms with Crippen LogP contribution in [-0.4, -0.2) is 15.5 Å². The molecule has 1 aromatic carbocycles. The van der Waals surface area contributed by atoms with Crippen molar-refractivity contribution in [2.24, 2.45) is 7.05 Å². The second kappa shape index (κ2) is 5.52. The van der Waals surface area contributed by atoms with Crippen LogP contribution in [0.1, 0.15) is 10.5 Å². The summed E-state index contributed by atoms with van der Waals surface area (Å²) in [6.45, 7) is 0. The predicted octanol–water partition coefficient (Wildman–Crippen LogP) is 1.63. The van der Waals surface area contributed by atoms with Gasteiger partial charge in [0.25, 0.3) is 11.5 Å². The van der Waals surface area contributed by atoms with E-state index in [9.17, 15) is 14.4 Å². The van der Waals surface area contributed by atoms with Gasteiger partial charge in [0.1, 0.15) is 5.69 Å². The minimum atomic E-state index is -0.681.